The normalized spacial score (nSPS) is 37.7. The standard InChI is InChI=1S/C24H32N4O3S2/c1-16-22(24-13-17-10-18(14-24)12-19(11-17)15-24)26-27-23(32-16)25-20-2-4-21(5-3-20)33(29,30)28-6-8-31-9-7-28/h2-5,16-19H,6-15H2,1H3,(H,25,27)/t16-,17?,18?,19?,24?/m0/s1. The number of amidine groups is 1. The van der Waals surface area contributed by atoms with E-state index < -0.39 is 10.0 Å². The van der Waals surface area contributed by atoms with Crippen LogP contribution in [0.2, 0.25) is 0 Å². The van der Waals surface area contributed by atoms with E-state index in [1.54, 1.807) is 36.0 Å². The lowest BCUT2D eigenvalue weighted by molar-refractivity contribution is -0.0132. The van der Waals surface area contributed by atoms with Crippen LogP contribution >= 0.6 is 11.8 Å². The molecule has 1 N–H and O–H groups in total. The summed E-state index contributed by atoms with van der Waals surface area (Å²) in [5.74, 6) is 2.70. The summed E-state index contributed by atoms with van der Waals surface area (Å²) in [5.41, 5.74) is 5.60. The second-order valence-corrected chi connectivity index (χ2v) is 13.8. The van der Waals surface area contributed by atoms with Gasteiger partial charge in [-0.2, -0.15) is 9.41 Å². The zero-order chi connectivity index (χ0) is 22.6. The van der Waals surface area contributed by atoms with Gasteiger partial charge in [0, 0.05) is 18.5 Å². The first kappa shape index (κ1) is 22.1. The molecule has 7 nitrogen and oxygen atoms in total. The SMILES string of the molecule is C[C@@H]1SC(=Nc2ccc(S(=O)(=O)N3CCOCC3)cc2)NN=C1C12CC3CC(CC(C3)C1)C2. The molecular weight excluding hydrogens is 456 g/mol. The third kappa shape index (κ3) is 4.05. The summed E-state index contributed by atoms with van der Waals surface area (Å²) in [6, 6.07) is 6.83. The number of benzene rings is 1. The number of hydrogen-bond acceptors (Lipinski definition) is 6. The Morgan fingerprint density at radius 1 is 1.06 bits per heavy atom. The molecule has 2 heterocycles. The Kier molecular flexibility index (Phi) is 5.59. The lowest BCUT2D eigenvalue weighted by atomic mass is 9.48. The number of nitrogens with zero attached hydrogens (tertiary/aromatic N) is 3. The van der Waals surface area contributed by atoms with Gasteiger partial charge in [-0.1, -0.05) is 11.8 Å². The maximum Gasteiger partial charge on any atom is 0.243 e. The molecule has 1 saturated heterocycles. The Labute approximate surface area is 200 Å². The van der Waals surface area contributed by atoms with Crippen LogP contribution in [0, 0.1) is 23.2 Å². The van der Waals surface area contributed by atoms with Gasteiger partial charge >= 0.3 is 0 Å². The molecule has 0 amide bonds. The van der Waals surface area contributed by atoms with E-state index in [4.69, 9.17) is 14.8 Å². The summed E-state index contributed by atoms with van der Waals surface area (Å²) in [6.45, 7) is 3.94. The molecule has 1 atom stereocenters. The van der Waals surface area contributed by atoms with Crippen molar-refractivity contribution in [3.63, 3.8) is 0 Å². The zero-order valence-electron chi connectivity index (χ0n) is 19.1. The van der Waals surface area contributed by atoms with E-state index in [0.717, 1.165) is 28.6 Å². The topological polar surface area (TPSA) is 83.4 Å². The molecule has 0 aromatic heterocycles. The summed E-state index contributed by atoms with van der Waals surface area (Å²) in [6.07, 6.45) is 8.25. The monoisotopic (exact) mass is 488 g/mol. The number of nitrogens with one attached hydrogen (secondary N) is 1. The van der Waals surface area contributed by atoms with Crippen LogP contribution < -0.4 is 5.43 Å². The molecule has 1 aromatic carbocycles. The molecule has 33 heavy (non-hydrogen) atoms. The van der Waals surface area contributed by atoms with Gasteiger partial charge in [0.1, 0.15) is 0 Å². The zero-order valence-corrected chi connectivity index (χ0v) is 20.7. The Morgan fingerprint density at radius 2 is 1.67 bits per heavy atom. The first-order valence-electron chi connectivity index (χ1n) is 12.2. The molecule has 4 aliphatic carbocycles. The lowest BCUT2D eigenvalue weighted by Gasteiger charge is -2.57. The van der Waals surface area contributed by atoms with Crippen LogP contribution in [0.4, 0.5) is 5.69 Å². The average Bonchev–Trinajstić information content (AvgIpc) is 2.79. The molecule has 9 heteroatoms. The van der Waals surface area contributed by atoms with Gasteiger partial charge in [-0.25, -0.2) is 13.4 Å². The summed E-state index contributed by atoms with van der Waals surface area (Å²) < 4.78 is 32.4. The van der Waals surface area contributed by atoms with E-state index >= 15 is 0 Å². The van der Waals surface area contributed by atoms with Crippen molar-refractivity contribution in [2.24, 2.45) is 33.3 Å². The summed E-state index contributed by atoms with van der Waals surface area (Å²) >= 11 is 1.74. The van der Waals surface area contributed by atoms with Gasteiger partial charge in [0.05, 0.1) is 34.8 Å². The van der Waals surface area contributed by atoms with E-state index in [-0.39, 0.29) is 0 Å². The number of thioether (sulfide) groups is 1. The Morgan fingerprint density at radius 3 is 2.24 bits per heavy atom. The van der Waals surface area contributed by atoms with Crippen molar-refractivity contribution in [3.05, 3.63) is 24.3 Å². The van der Waals surface area contributed by atoms with Crippen LogP contribution in [0.1, 0.15) is 45.4 Å². The Hall–Kier alpha value is -1.42. The first-order chi connectivity index (χ1) is 15.9. The molecule has 0 spiro atoms. The smallest absolute Gasteiger partial charge is 0.243 e. The van der Waals surface area contributed by atoms with E-state index in [2.05, 4.69) is 12.3 Å². The van der Waals surface area contributed by atoms with Crippen LogP contribution in [-0.4, -0.2) is 55.2 Å². The number of hydrogen-bond donors (Lipinski definition) is 1. The van der Waals surface area contributed by atoms with Crippen LogP contribution in [0.3, 0.4) is 0 Å². The van der Waals surface area contributed by atoms with E-state index in [1.165, 1.54) is 48.5 Å². The fourth-order valence-electron chi connectivity index (χ4n) is 7.22. The van der Waals surface area contributed by atoms with Gasteiger partial charge in [-0.3, -0.25) is 5.43 Å². The van der Waals surface area contributed by atoms with Crippen molar-refractivity contribution < 1.29 is 13.2 Å². The van der Waals surface area contributed by atoms with Gasteiger partial charge in [0.2, 0.25) is 10.0 Å². The average molecular weight is 489 g/mol. The van der Waals surface area contributed by atoms with E-state index in [0.29, 0.717) is 41.9 Å². The lowest BCUT2D eigenvalue weighted by Crippen LogP contribution is -2.53. The maximum absolute atomic E-state index is 12.8. The predicted octanol–water partition coefficient (Wildman–Crippen LogP) is 3.99. The van der Waals surface area contributed by atoms with Gasteiger partial charge in [-0.05, 0) is 87.5 Å². The van der Waals surface area contributed by atoms with Gasteiger partial charge in [0.15, 0.2) is 5.17 Å². The van der Waals surface area contributed by atoms with E-state index in [1.807, 2.05) is 0 Å². The fourth-order valence-corrected chi connectivity index (χ4v) is 9.63. The van der Waals surface area contributed by atoms with Crippen LogP contribution in [0.5, 0.6) is 0 Å². The molecule has 178 valence electrons. The van der Waals surface area contributed by atoms with Crippen LogP contribution in [0.15, 0.2) is 39.3 Å². The third-order valence-corrected chi connectivity index (χ3v) is 11.1. The highest BCUT2D eigenvalue weighted by molar-refractivity contribution is 8.15. The third-order valence-electron chi connectivity index (χ3n) is 8.20. The second kappa shape index (κ2) is 8.36. The number of aliphatic imine (C=N–C) groups is 1. The maximum atomic E-state index is 12.8. The number of sulfonamides is 1. The minimum Gasteiger partial charge on any atom is -0.379 e. The molecule has 4 bridgehead atoms. The highest BCUT2D eigenvalue weighted by Gasteiger charge is 2.54. The summed E-state index contributed by atoms with van der Waals surface area (Å²) in [5, 5.41) is 5.98. The molecule has 0 unspecified atom stereocenters. The van der Waals surface area contributed by atoms with Crippen molar-refractivity contribution in [1.82, 2.24) is 9.73 Å². The van der Waals surface area contributed by atoms with Crippen molar-refractivity contribution in [1.29, 1.82) is 0 Å². The van der Waals surface area contributed by atoms with Crippen molar-refractivity contribution in [2.75, 3.05) is 26.3 Å². The number of rotatable bonds is 4. The van der Waals surface area contributed by atoms with Gasteiger partial charge in [-0.15, -0.1) is 0 Å². The van der Waals surface area contributed by atoms with Gasteiger partial charge < -0.3 is 4.74 Å². The first-order valence-corrected chi connectivity index (χ1v) is 14.5. The van der Waals surface area contributed by atoms with Crippen molar-refractivity contribution in [2.45, 2.75) is 55.6 Å². The van der Waals surface area contributed by atoms with Crippen molar-refractivity contribution in [3.8, 4) is 0 Å². The van der Waals surface area contributed by atoms with Crippen LogP contribution in [0.25, 0.3) is 0 Å². The molecule has 0 radical (unpaired) electrons. The second-order valence-electron chi connectivity index (χ2n) is 10.5. The summed E-state index contributed by atoms with van der Waals surface area (Å²) in [4.78, 5) is 5.02. The van der Waals surface area contributed by atoms with E-state index in [9.17, 15) is 8.42 Å². The minimum absolute atomic E-state index is 0.299. The summed E-state index contributed by atoms with van der Waals surface area (Å²) in [7, 11) is -3.49. The quantitative estimate of drug-likeness (QED) is 0.693. The number of hydrazone groups is 1. The largest absolute Gasteiger partial charge is 0.379 e. The highest BCUT2D eigenvalue weighted by Crippen LogP contribution is 2.61. The predicted molar refractivity (Wildman–Crippen MR) is 131 cm³/mol. The fraction of sp³-hybridized carbons (Fsp3) is 0.667. The molecular formula is C24H32N4O3S2. The Balaban J connectivity index is 1.18. The van der Waals surface area contributed by atoms with Crippen LogP contribution in [-0.2, 0) is 14.8 Å². The molecule has 6 aliphatic rings. The Bertz CT molecular complexity index is 1040. The van der Waals surface area contributed by atoms with Crippen molar-refractivity contribution >= 4 is 38.4 Å². The molecule has 2 aliphatic heterocycles. The number of ether oxygens (including phenoxy) is 1. The highest BCUT2D eigenvalue weighted by atomic mass is 32.2. The molecule has 7 rings (SSSR count). The van der Waals surface area contributed by atoms with Gasteiger partial charge in [0.25, 0.3) is 0 Å². The number of morpholine rings is 1. The molecule has 5 fully saturated rings. The molecule has 4 saturated carbocycles. The minimum atomic E-state index is -3.49. The molecule has 1 aromatic rings.